The fourth-order valence-electron chi connectivity index (χ4n) is 3.70. The molecule has 0 bridgehead atoms. The molecule has 3 atom stereocenters. The predicted octanol–water partition coefficient (Wildman–Crippen LogP) is 3.05. The molecule has 3 nitrogen and oxygen atoms in total. The van der Waals surface area contributed by atoms with Crippen molar-refractivity contribution in [3.05, 3.63) is 0 Å². The van der Waals surface area contributed by atoms with E-state index in [1.807, 2.05) is 0 Å². The molecular formula is C17H32N2O. The van der Waals surface area contributed by atoms with Crippen molar-refractivity contribution in [3.8, 4) is 0 Å². The van der Waals surface area contributed by atoms with E-state index < -0.39 is 0 Å². The molecule has 2 heterocycles. The molecular weight excluding hydrogens is 248 g/mol. The molecule has 1 amide bonds. The molecule has 2 rings (SSSR count). The van der Waals surface area contributed by atoms with Crippen LogP contribution in [0.25, 0.3) is 0 Å². The van der Waals surface area contributed by atoms with Gasteiger partial charge in [0.1, 0.15) is 0 Å². The smallest absolute Gasteiger partial charge is 0.239 e. The van der Waals surface area contributed by atoms with Crippen LogP contribution in [0.5, 0.6) is 0 Å². The lowest BCUT2D eigenvalue weighted by atomic mass is 9.77. The van der Waals surface area contributed by atoms with Gasteiger partial charge in [-0.05, 0) is 55.9 Å². The van der Waals surface area contributed by atoms with Gasteiger partial charge in [0, 0.05) is 13.1 Å². The first kappa shape index (κ1) is 15.8. The standard InChI is InChI=1S/C17H32N2O/c1-13-7-9-18-15(12-13)16(20)19-10-5-6-14(8-11-19)17(2,3)4/h13-15,18H,5-12H2,1-4H3. The minimum absolute atomic E-state index is 0.0740. The SMILES string of the molecule is CC1CCNC(C(=O)N2CCCC(C(C)(C)C)CC2)C1. The van der Waals surface area contributed by atoms with Crippen LogP contribution in [0.2, 0.25) is 0 Å². The van der Waals surface area contributed by atoms with Crippen LogP contribution in [0.4, 0.5) is 0 Å². The summed E-state index contributed by atoms with van der Waals surface area (Å²) >= 11 is 0. The van der Waals surface area contributed by atoms with Gasteiger partial charge in [0.05, 0.1) is 6.04 Å². The number of carbonyl (C=O) groups excluding carboxylic acids is 1. The van der Waals surface area contributed by atoms with Crippen LogP contribution in [0, 0.1) is 17.3 Å². The second-order valence-corrected chi connectivity index (χ2v) is 7.96. The molecule has 0 spiro atoms. The third-order valence-electron chi connectivity index (χ3n) is 5.23. The molecule has 116 valence electrons. The van der Waals surface area contributed by atoms with Crippen LogP contribution in [-0.2, 0) is 4.79 Å². The van der Waals surface area contributed by atoms with Crippen LogP contribution in [0.15, 0.2) is 0 Å². The van der Waals surface area contributed by atoms with E-state index in [0.717, 1.165) is 44.8 Å². The molecule has 3 unspecified atom stereocenters. The van der Waals surface area contributed by atoms with Crippen molar-refractivity contribution in [1.82, 2.24) is 10.2 Å². The Morgan fingerprint density at radius 2 is 1.90 bits per heavy atom. The van der Waals surface area contributed by atoms with Gasteiger partial charge in [0.25, 0.3) is 0 Å². The summed E-state index contributed by atoms with van der Waals surface area (Å²) < 4.78 is 0. The normalized spacial score (nSPS) is 32.8. The highest BCUT2D eigenvalue weighted by Crippen LogP contribution is 2.34. The average Bonchev–Trinajstić information content (AvgIpc) is 2.63. The van der Waals surface area contributed by atoms with E-state index in [9.17, 15) is 4.79 Å². The first-order valence-corrected chi connectivity index (χ1v) is 8.40. The van der Waals surface area contributed by atoms with Crippen LogP contribution < -0.4 is 5.32 Å². The van der Waals surface area contributed by atoms with Crippen molar-refractivity contribution in [3.63, 3.8) is 0 Å². The molecule has 2 aliphatic rings. The van der Waals surface area contributed by atoms with Gasteiger partial charge in [-0.1, -0.05) is 27.7 Å². The van der Waals surface area contributed by atoms with Crippen LogP contribution >= 0.6 is 0 Å². The largest absolute Gasteiger partial charge is 0.341 e. The molecule has 0 aromatic carbocycles. The topological polar surface area (TPSA) is 32.3 Å². The Bertz CT molecular complexity index is 334. The number of amides is 1. The fraction of sp³-hybridized carbons (Fsp3) is 0.941. The zero-order valence-corrected chi connectivity index (χ0v) is 13.7. The summed E-state index contributed by atoms with van der Waals surface area (Å²) in [7, 11) is 0. The van der Waals surface area contributed by atoms with E-state index in [-0.39, 0.29) is 6.04 Å². The maximum absolute atomic E-state index is 12.7. The van der Waals surface area contributed by atoms with Gasteiger partial charge in [0.15, 0.2) is 0 Å². The Hall–Kier alpha value is -0.570. The van der Waals surface area contributed by atoms with Gasteiger partial charge in [-0.25, -0.2) is 0 Å². The molecule has 2 fully saturated rings. The molecule has 0 aromatic rings. The molecule has 0 aromatic heterocycles. The summed E-state index contributed by atoms with van der Waals surface area (Å²) in [4.78, 5) is 14.8. The highest BCUT2D eigenvalue weighted by Gasteiger charge is 2.32. The van der Waals surface area contributed by atoms with E-state index >= 15 is 0 Å². The van der Waals surface area contributed by atoms with Gasteiger partial charge < -0.3 is 10.2 Å². The number of likely N-dealkylation sites (tertiary alicyclic amines) is 1. The Morgan fingerprint density at radius 3 is 2.55 bits per heavy atom. The second kappa shape index (κ2) is 6.46. The lowest BCUT2D eigenvalue weighted by Gasteiger charge is -2.32. The fourth-order valence-corrected chi connectivity index (χ4v) is 3.70. The summed E-state index contributed by atoms with van der Waals surface area (Å²) in [6.45, 7) is 12.2. The number of carbonyl (C=O) groups is 1. The lowest BCUT2D eigenvalue weighted by molar-refractivity contribution is -0.134. The van der Waals surface area contributed by atoms with Crippen molar-refractivity contribution < 1.29 is 4.79 Å². The zero-order valence-electron chi connectivity index (χ0n) is 13.7. The van der Waals surface area contributed by atoms with Gasteiger partial charge in [-0.3, -0.25) is 4.79 Å². The van der Waals surface area contributed by atoms with Crippen molar-refractivity contribution in [1.29, 1.82) is 0 Å². The molecule has 2 aliphatic heterocycles. The Balaban J connectivity index is 1.91. The second-order valence-electron chi connectivity index (χ2n) is 7.96. The Morgan fingerprint density at radius 1 is 1.15 bits per heavy atom. The monoisotopic (exact) mass is 280 g/mol. The maximum atomic E-state index is 12.7. The number of rotatable bonds is 1. The van der Waals surface area contributed by atoms with Gasteiger partial charge in [-0.2, -0.15) is 0 Å². The first-order chi connectivity index (χ1) is 9.38. The Labute approximate surface area is 124 Å². The number of nitrogens with one attached hydrogen (secondary N) is 1. The summed E-state index contributed by atoms with van der Waals surface area (Å²) in [6, 6.07) is 0.0740. The lowest BCUT2D eigenvalue weighted by Crippen LogP contribution is -2.50. The van der Waals surface area contributed by atoms with Crippen LogP contribution in [-0.4, -0.2) is 36.5 Å². The van der Waals surface area contributed by atoms with E-state index in [4.69, 9.17) is 0 Å². The average molecular weight is 280 g/mol. The number of piperidine rings is 1. The predicted molar refractivity (Wildman–Crippen MR) is 83.6 cm³/mol. The summed E-state index contributed by atoms with van der Waals surface area (Å²) in [5.41, 5.74) is 0.372. The van der Waals surface area contributed by atoms with Gasteiger partial charge in [-0.15, -0.1) is 0 Å². The third kappa shape index (κ3) is 3.97. The third-order valence-corrected chi connectivity index (χ3v) is 5.23. The quantitative estimate of drug-likeness (QED) is 0.800. The van der Waals surface area contributed by atoms with Crippen LogP contribution in [0.3, 0.4) is 0 Å². The van der Waals surface area contributed by atoms with Crippen molar-refractivity contribution in [2.24, 2.45) is 17.3 Å². The molecule has 3 heteroatoms. The van der Waals surface area contributed by atoms with E-state index in [1.165, 1.54) is 12.8 Å². The van der Waals surface area contributed by atoms with Crippen molar-refractivity contribution in [2.45, 2.75) is 65.8 Å². The molecule has 1 N–H and O–H groups in total. The van der Waals surface area contributed by atoms with E-state index in [0.29, 0.717) is 17.2 Å². The summed E-state index contributed by atoms with van der Waals surface area (Å²) in [5, 5.41) is 3.42. The van der Waals surface area contributed by atoms with Crippen molar-refractivity contribution in [2.75, 3.05) is 19.6 Å². The first-order valence-electron chi connectivity index (χ1n) is 8.40. The number of hydrogen-bond donors (Lipinski definition) is 1. The van der Waals surface area contributed by atoms with Crippen LogP contribution in [0.1, 0.15) is 59.8 Å². The Kier molecular flexibility index (Phi) is 5.11. The summed E-state index contributed by atoms with van der Waals surface area (Å²) in [5.74, 6) is 1.78. The maximum Gasteiger partial charge on any atom is 0.239 e. The van der Waals surface area contributed by atoms with E-state index in [1.54, 1.807) is 0 Å². The molecule has 20 heavy (non-hydrogen) atoms. The highest BCUT2D eigenvalue weighted by molar-refractivity contribution is 5.82. The summed E-state index contributed by atoms with van der Waals surface area (Å²) in [6.07, 6.45) is 5.81. The molecule has 2 saturated heterocycles. The number of nitrogens with zero attached hydrogens (tertiary/aromatic N) is 1. The molecule has 0 radical (unpaired) electrons. The minimum atomic E-state index is 0.0740. The van der Waals surface area contributed by atoms with Gasteiger partial charge in [0.2, 0.25) is 5.91 Å². The number of hydrogen-bond acceptors (Lipinski definition) is 2. The highest BCUT2D eigenvalue weighted by atomic mass is 16.2. The molecule has 0 saturated carbocycles. The minimum Gasteiger partial charge on any atom is -0.341 e. The van der Waals surface area contributed by atoms with Gasteiger partial charge >= 0.3 is 0 Å². The van der Waals surface area contributed by atoms with Crippen molar-refractivity contribution >= 4 is 5.91 Å². The zero-order chi connectivity index (χ0) is 14.8. The molecule has 0 aliphatic carbocycles. The van der Waals surface area contributed by atoms with E-state index in [2.05, 4.69) is 37.9 Å².